The van der Waals surface area contributed by atoms with Crippen molar-refractivity contribution in [3.05, 3.63) is 112 Å². The van der Waals surface area contributed by atoms with E-state index in [0.29, 0.717) is 22.4 Å². The Bertz CT molecular complexity index is 1490. The summed E-state index contributed by atoms with van der Waals surface area (Å²) in [5.41, 5.74) is 2.82. The van der Waals surface area contributed by atoms with Crippen molar-refractivity contribution in [2.24, 2.45) is 4.99 Å². The van der Waals surface area contributed by atoms with Gasteiger partial charge in [0.15, 0.2) is 11.4 Å². The molecule has 5 rings (SSSR count). The van der Waals surface area contributed by atoms with Gasteiger partial charge < -0.3 is 9.47 Å². The molecular formula is C26H18N4O5. The number of carbonyl (C=O) groups excluding carboxylic acids is 1. The van der Waals surface area contributed by atoms with Crippen molar-refractivity contribution in [2.45, 2.75) is 0 Å². The molecule has 0 N–H and O–H groups in total. The number of benzene rings is 3. The molecule has 9 nitrogen and oxygen atoms in total. The van der Waals surface area contributed by atoms with Crippen LogP contribution in [0.3, 0.4) is 0 Å². The van der Waals surface area contributed by atoms with Gasteiger partial charge in [-0.15, -0.1) is 0 Å². The predicted molar refractivity (Wildman–Crippen MR) is 129 cm³/mol. The quantitative estimate of drug-likeness (QED) is 0.175. The van der Waals surface area contributed by atoms with Crippen molar-refractivity contribution in [2.75, 3.05) is 7.11 Å². The molecule has 1 aliphatic rings. The standard InChI is InChI=1S/C26H18N4O5/c1-34-23-13-12-18(15-22(23)30(32)33)24-19(16-29(28-24)20-10-6-3-7-11-20)14-21-26(31)35-25(27-21)17-8-4-2-5-9-17/h2-16H,1H3. The van der Waals surface area contributed by atoms with E-state index in [9.17, 15) is 14.9 Å². The Balaban J connectivity index is 1.64. The van der Waals surface area contributed by atoms with Crippen LogP contribution in [-0.2, 0) is 9.53 Å². The second-order valence-corrected chi connectivity index (χ2v) is 7.56. The lowest BCUT2D eigenvalue weighted by atomic mass is 10.1. The molecule has 0 amide bonds. The Kier molecular flexibility index (Phi) is 5.64. The highest BCUT2D eigenvalue weighted by Gasteiger charge is 2.26. The van der Waals surface area contributed by atoms with E-state index < -0.39 is 10.9 Å². The smallest absolute Gasteiger partial charge is 0.363 e. The first kappa shape index (κ1) is 21.8. The second-order valence-electron chi connectivity index (χ2n) is 7.56. The maximum atomic E-state index is 12.6. The fraction of sp³-hybridized carbons (Fsp3) is 0.0385. The highest BCUT2D eigenvalue weighted by Crippen LogP contribution is 2.34. The average molecular weight is 466 g/mol. The summed E-state index contributed by atoms with van der Waals surface area (Å²) in [5, 5.41) is 16.2. The minimum Gasteiger partial charge on any atom is -0.490 e. The van der Waals surface area contributed by atoms with E-state index in [1.54, 1.807) is 35.2 Å². The molecule has 0 radical (unpaired) electrons. The maximum Gasteiger partial charge on any atom is 0.363 e. The Morgan fingerprint density at radius 2 is 1.71 bits per heavy atom. The van der Waals surface area contributed by atoms with Gasteiger partial charge in [-0.25, -0.2) is 14.5 Å². The van der Waals surface area contributed by atoms with Gasteiger partial charge in [-0.2, -0.15) is 5.10 Å². The molecule has 4 aromatic rings. The van der Waals surface area contributed by atoms with Crippen LogP contribution in [-0.4, -0.2) is 33.7 Å². The van der Waals surface area contributed by atoms with Crippen LogP contribution >= 0.6 is 0 Å². The molecule has 0 saturated carbocycles. The SMILES string of the molecule is COc1ccc(-c2nn(-c3ccccc3)cc2C=C2N=C(c3ccccc3)OC2=O)cc1[N+](=O)[O-]. The Hall–Kier alpha value is -5.05. The van der Waals surface area contributed by atoms with Crippen LogP contribution in [0.1, 0.15) is 11.1 Å². The van der Waals surface area contributed by atoms with Gasteiger partial charge in [-0.3, -0.25) is 10.1 Å². The molecule has 0 aliphatic carbocycles. The van der Waals surface area contributed by atoms with E-state index in [0.717, 1.165) is 5.69 Å². The lowest BCUT2D eigenvalue weighted by Gasteiger charge is -2.04. The molecule has 0 spiro atoms. The molecule has 1 aliphatic heterocycles. The van der Waals surface area contributed by atoms with Crippen molar-refractivity contribution >= 4 is 23.6 Å². The molecule has 35 heavy (non-hydrogen) atoms. The number of nitro groups is 1. The summed E-state index contributed by atoms with van der Waals surface area (Å²) in [6.07, 6.45) is 3.30. The lowest BCUT2D eigenvalue weighted by molar-refractivity contribution is -0.385. The molecule has 3 aromatic carbocycles. The fourth-order valence-corrected chi connectivity index (χ4v) is 3.67. The number of cyclic esters (lactones) is 1. The Morgan fingerprint density at radius 3 is 2.40 bits per heavy atom. The van der Waals surface area contributed by atoms with Crippen LogP contribution in [0.5, 0.6) is 5.75 Å². The summed E-state index contributed by atoms with van der Waals surface area (Å²) in [6, 6.07) is 23.1. The summed E-state index contributed by atoms with van der Waals surface area (Å²) in [7, 11) is 1.37. The molecule has 0 fully saturated rings. The van der Waals surface area contributed by atoms with Crippen molar-refractivity contribution in [3.8, 4) is 22.7 Å². The number of aliphatic imine (C=N–C) groups is 1. The third-order valence-corrected chi connectivity index (χ3v) is 5.35. The third-order valence-electron chi connectivity index (χ3n) is 5.35. The molecule has 2 heterocycles. The highest BCUT2D eigenvalue weighted by atomic mass is 16.6. The van der Waals surface area contributed by atoms with E-state index in [1.807, 2.05) is 48.5 Å². The van der Waals surface area contributed by atoms with Crippen LogP contribution < -0.4 is 4.74 Å². The number of rotatable bonds is 6. The molecule has 0 atom stereocenters. The number of esters is 1. The second kappa shape index (κ2) is 9.06. The molecule has 0 unspecified atom stereocenters. The van der Waals surface area contributed by atoms with Gasteiger partial charge in [-0.05, 0) is 42.5 Å². The molecule has 1 aromatic heterocycles. The molecule has 0 bridgehead atoms. The number of ether oxygens (including phenoxy) is 2. The average Bonchev–Trinajstić information content (AvgIpc) is 3.48. The van der Waals surface area contributed by atoms with E-state index in [4.69, 9.17) is 9.47 Å². The number of hydrogen-bond donors (Lipinski definition) is 0. The number of para-hydroxylation sites is 1. The summed E-state index contributed by atoms with van der Waals surface area (Å²) < 4.78 is 12.1. The first-order valence-electron chi connectivity index (χ1n) is 10.6. The van der Waals surface area contributed by atoms with Crippen molar-refractivity contribution in [3.63, 3.8) is 0 Å². The molecule has 9 heteroatoms. The van der Waals surface area contributed by atoms with Gasteiger partial charge in [-0.1, -0.05) is 36.4 Å². The van der Waals surface area contributed by atoms with Crippen LogP contribution in [0.2, 0.25) is 0 Å². The number of hydrogen-bond acceptors (Lipinski definition) is 7. The minimum absolute atomic E-state index is 0.0979. The molecule has 0 saturated heterocycles. The summed E-state index contributed by atoms with van der Waals surface area (Å²) in [5.74, 6) is -0.250. The zero-order valence-electron chi connectivity index (χ0n) is 18.5. The highest BCUT2D eigenvalue weighted by molar-refractivity contribution is 6.13. The van der Waals surface area contributed by atoms with Gasteiger partial charge >= 0.3 is 11.7 Å². The van der Waals surface area contributed by atoms with Gasteiger partial charge in [0.1, 0.15) is 5.69 Å². The zero-order valence-corrected chi connectivity index (χ0v) is 18.5. The number of methoxy groups -OCH3 is 1. The first-order chi connectivity index (χ1) is 17.0. The molecular weight excluding hydrogens is 448 g/mol. The summed E-state index contributed by atoms with van der Waals surface area (Å²) in [4.78, 5) is 28.0. The first-order valence-corrected chi connectivity index (χ1v) is 10.6. The maximum absolute atomic E-state index is 12.6. The molecule has 172 valence electrons. The van der Waals surface area contributed by atoms with E-state index >= 15 is 0 Å². The Morgan fingerprint density at radius 1 is 1.00 bits per heavy atom. The monoisotopic (exact) mass is 466 g/mol. The third kappa shape index (κ3) is 4.30. The summed E-state index contributed by atoms with van der Waals surface area (Å²) in [6.45, 7) is 0. The van der Waals surface area contributed by atoms with E-state index in [1.165, 1.54) is 19.2 Å². The van der Waals surface area contributed by atoms with Crippen molar-refractivity contribution < 1.29 is 19.2 Å². The van der Waals surface area contributed by atoms with Crippen LogP contribution in [0, 0.1) is 10.1 Å². The number of nitrogens with zero attached hydrogens (tertiary/aromatic N) is 4. The minimum atomic E-state index is -0.594. The number of aromatic nitrogens is 2. The van der Waals surface area contributed by atoms with E-state index in [2.05, 4.69) is 10.1 Å². The van der Waals surface area contributed by atoms with Gasteiger partial charge in [0.05, 0.1) is 17.7 Å². The predicted octanol–water partition coefficient (Wildman–Crippen LogP) is 4.80. The normalized spacial score (nSPS) is 14.0. The van der Waals surface area contributed by atoms with Crippen LogP contribution in [0.4, 0.5) is 5.69 Å². The lowest BCUT2D eigenvalue weighted by Crippen LogP contribution is -2.04. The van der Waals surface area contributed by atoms with Gasteiger partial charge in [0.25, 0.3) is 0 Å². The largest absolute Gasteiger partial charge is 0.490 e. The summed E-state index contributed by atoms with van der Waals surface area (Å²) >= 11 is 0. The topological polar surface area (TPSA) is 109 Å². The van der Waals surface area contributed by atoms with Crippen molar-refractivity contribution in [1.29, 1.82) is 0 Å². The van der Waals surface area contributed by atoms with Crippen LogP contribution in [0.25, 0.3) is 23.0 Å². The van der Waals surface area contributed by atoms with Gasteiger partial charge in [0, 0.05) is 29.0 Å². The number of carbonyl (C=O) groups is 1. The van der Waals surface area contributed by atoms with E-state index in [-0.39, 0.29) is 23.0 Å². The fourth-order valence-electron chi connectivity index (χ4n) is 3.67. The number of nitro benzene ring substituents is 1. The zero-order chi connectivity index (χ0) is 24.4. The van der Waals surface area contributed by atoms with Gasteiger partial charge in [0.2, 0.25) is 5.90 Å². The van der Waals surface area contributed by atoms with Crippen molar-refractivity contribution in [1.82, 2.24) is 9.78 Å². The van der Waals surface area contributed by atoms with Crippen LogP contribution in [0.15, 0.2) is 95.7 Å². The Labute approximate surface area is 199 Å².